The zero-order valence-corrected chi connectivity index (χ0v) is 19.4. The molecule has 176 valence electrons. The second-order valence-electron chi connectivity index (χ2n) is 8.13. The molecule has 4 rings (SSSR count). The van der Waals surface area contributed by atoms with Gasteiger partial charge in [0.25, 0.3) is 5.91 Å². The number of nitrogens with one attached hydrogen (secondary N) is 2. The van der Waals surface area contributed by atoms with Crippen molar-refractivity contribution in [1.29, 1.82) is 0 Å². The van der Waals surface area contributed by atoms with Crippen molar-refractivity contribution in [2.24, 2.45) is 5.92 Å². The fourth-order valence-electron chi connectivity index (χ4n) is 3.92. The molecule has 8 nitrogen and oxygen atoms in total. The Labute approximate surface area is 203 Å². The SMILES string of the molecule is C=CCNC(=O)c1ccccc1NC(=O)C1CCCN(Cc2nc(-c3ccc(Cl)cc3)no2)C1. The fraction of sp³-hybridized carbons (Fsp3) is 0.280. The normalized spacial score (nSPS) is 16.1. The Balaban J connectivity index is 1.37. The van der Waals surface area contributed by atoms with Gasteiger partial charge in [-0.3, -0.25) is 14.5 Å². The quantitative estimate of drug-likeness (QED) is 0.470. The molecule has 1 saturated heterocycles. The Bertz CT molecular complexity index is 1160. The van der Waals surface area contributed by atoms with Gasteiger partial charge in [0.05, 0.1) is 23.7 Å². The van der Waals surface area contributed by atoms with E-state index in [1.807, 2.05) is 12.1 Å². The van der Waals surface area contributed by atoms with Crippen LogP contribution in [-0.2, 0) is 11.3 Å². The van der Waals surface area contributed by atoms with E-state index in [1.165, 1.54) is 0 Å². The van der Waals surface area contributed by atoms with Crippen molar-refractivity contribution in [1.82, 2.24) is 20.4 Å². The van der Waals surface area contributed by atoms with E-state index in [-0.39, 0.29) is 17.7 Å². The van der Waals surface area contributed by atoms with E-state index in [4.69, 9.17) is 16.1 Å². The van der Waals surface area contributed by atoms with Gasteiger partial charge < -0.3 is 15.2 Å². The van der Waals surface area contributed by atoms with Crippen LogP contribution >= 0.6 is 11.6 Å². The summed E-state index contributed by atoms with van der Waals surface area (Å²) < 4.78 is 5.43. The maximum Gasteiger partial charge on any atom is 0.253 e. The first-order chi connectivity index (χ1) is 16.5. The van der Waals surface area contributed by atoms with Gasteiger partial charge in [0.2, 0.25) is 17.6 Å². The number of carbonyl (C=O) groups is 2. The molecule has 0 radical (unpaired) electrons. The van der Waals surface area contributed by atoms with Crippen LogP contribution in [-0.4, -0.2) is 46.5 Å². The van der Waals surface area contributed by atoms with Crippen LogP contribution in [0.25, 0.3) is 11.4 Å². The molecule has 0 aliphatic carbocycles. The van der Waals surface area contributed by atoms with Crippen LogP contribution in [0.3, 0.4) is 0 Å². The molecule has 1 atom stereocenters. The van der Waals surface area contributed by atoms with Crippen LogP contribution in [0.2, 0.25) is 5.02 Å². The van der Waals surface area contributed by atoms with Crippen molar-refractivity contribution in [3.63, 3.8) is 0 Å². The van der Waals surface area contributed by atoms with Gasteiger partial charge in [-0.15, -0.1) is 6.58 Å². The third-order valence-corrected chi connectivity index (χ3v) is 5.89. The van der Waals surface area contributed by atoms with Crippen LogP contribution in [0.1, 0.15) is 29.1 Å². The minimum atomic E-state index is -0.256. The zero-order valence-electron chi connectivity index (χ0n) is 18.7. The molecule has 1 unspecified atom stereocenters. The lowest BCUT2D eigenvalue weighted by molar-refractivity contribution is -0.121. The van der Waals surface area contributed by atoms with Gasteiger partial charge in [-0.05, 0) is 55.8 Å². The van der Waals surface area contributed by atoms with Gasteiger partial charge in [-0.1, -0.05) is 35.0 Å². The van der Waals surface area contributed by atoms with Crippen molar-refractivity contribution in [2.75, 3.05) is 25.0 Å². The molecular weight excluding hydrogens is 454 g/mol. The summed E-state index contributed by atoms with van der Waals surface area (Å²) in [6, 6.07) is 14.2. The topological polar surface area (TPSA) is 100 Å². The molecule has 1 aromatic heterocycles. The predicted molar refractivity (Wildman–Crippen MR) is 130 cm³/mol. The molecule has 1 aliphatic heterocycles. The molecule has 1 fully saturated rings. The monoisotopic (exact) mass is 479 g/mol. The van der Waals surface area contributed by atoms with Crippen LogP contribution < -0.4 is 10.6 Å². The lowest BCUT2D eigenvalue weighted by atomic mass is 9.96. The Morgan fingerprint density at radius 3 is 2.79 bits per heavy atom. The summed E-state index contributed by atoms with van der Waals surface area (Å²) in [4.78, 5) is 32.1. The number of hydrogen-bond donors (Lipinski definition) is 2. The Morgan fingerprint density at radius 1 is 1.21 bits per heavy atom. The molecule has 34 heavy (non-hydrogen) atoms. The van der Waals surface area contributed by atoms with Crippen molar-refractivity contribution in [2.45, 2.75) is 19.4 Å². The summed E-state index contributed by atoms with van der Waals surface area (Å²) in [7, 11) is 0. The van der Waals surface area contributed by atoms with Crippen LogP contribution in [0.5, 0.6) is 0 Å². The highest BCUT2D eigenvalue weighted by molar-refractivity contribution is 6.30. The molecule has 2 amide bonds. The van der Waals surface area contributed by atoms with Gasteiger partial charge in [0, 0.05) is 23.7 Å². The Hall–Kier alpha value is -3.49. The van der Waals surface area contributed by atoms with E-state index in [1.54, 1.807) is 42.5 Å². The summed E-state index contributed by atoms with van der Waals surface area (Å²) in [5.41, 5.74) is 1.74. The third kappa shape index (κ3) is 5.89. The molecule has 2 aromatic carbocycles. The van der Waals surface area contributed by atoms with Gasteiger partial charge in [0.1, 0.15) is 0 Å². The van der Waals surface area contributed by atoms with E-state index in [0.717, 1.165) is 24.9 Å². The number of aromatic nitrogens is 2. The fourth-order valence-corrected chi connectivity index (χ4v) is 4.05. The minimum absolute atomic E-state index is 0.110. The number of hydrogen-bond acceptors (Lipinski definition) is 6. The maximum absolute atomic E-state index is 13.0. The van der Waals surface area contributed by atoms with E-state index >= 15 is 0 Å². The largest absolute Gasteiger partial charge is 0.349 e. The summed E-state index contributed by atoms with van der Waals surface area (Å²) in [5, 5.41) is 10.4. The Kier molecular flexibility index (Phi) is 7.72. The van der Waals surface area contributed by atoms with E-state index < -0.39 is 0 Å². The molecule has 0 bridgehead atoms. The summed E-state index contributed by atoms with van der Waals surface area (Å²) in [6.45, 7) is 5.83. The smallest absolute Gasteiger partial charge is 0.253 e. The summed E-state index contributed by atoms with van der Waals surface area (Å²) in [5.74, 6) is 0.422. The number of nitrogens with zero attached hydrogens (tertiary/aromatic N) is 3. The number of piperidine rings is 1. The van der Waals surface area contributed by atoms with Crippen molar-refractivity contribution < 1.29 is 14.1 Å². The molecule has 0 spiro atoms. The molecule has 9 heteroatoms. The van der Waals surface area contributed by atoms with E-state index in [0.29, 0.717) is 47.6 Å². The molecule has 2 N–H and O–H groups in total. The second-order valence-corrected chi connectivity index (χ2v) is 8.56. The number of benzene rings is 2. The minimum Gasteiger partial charge on any atom is -0.349 e. The third-order valence-electron chi connectivity index (χ3n) is 5.64. The van der Waals surface area contributed by atoms with Crippen molar-refractivity contribution >= 4 is 29.1 Å². The summed E-state index contributed by atoms with van der Waals surface area (Å²) >= 11 is 5.94. The first kappa shape index (κ1) is 23.7. The highest BCUT2D eigenvalue weighted by Crippen LogP contribution is 2.23. The lowest BCUT2D eigenvalue weighted by Crippen LogP contribution is -2.40. The lowest BCUT2D eigenvalue weighted by Gasteiger charge is -2.31. The number of para-hydroxylation sites is 1. The zero-order chi connectivity index (χ0) is 23.9. The Morgan fingerprint density at radius 2 is 2.00 bits per heavy atom. The number of carbonyl (C=O) groups excluding carboxylic acids is 2. The molecule has 2 heterocycles. The van der Waals surface area contributed by atoms with Gasteiger partial charge in [-0.25, -0.2) is 0 Å². The van der Waals surface area contributed by atoms with E-state index in [2.05, 4.69) is 32.3 Å². The average molecular weight is 480 g/mol. The number of likely N-dealkylation sites (tertiary alicyclic amines) is 1. The number of halogens is 1. The number of rotatable bonds is 8. The highest BCUT2D eigenvalue weighted by Gasteiger charge is 2.27. The predicted octanol–water partition coefficient (Wildman–Crippen LogP) is 4.16. The standard InChI is InChI=1S/C25H26ClN5O3/c1-2-13-27-25(33)20-7-3-4-8-21(20)28-24(32)18-6-5-14-31(15-18)16-22-29-23(30-34-22)17-9-11-19(26)12-10-17/h2-4,7-12,18H,1,5-6,13-16H2,(H,27,33)(H,28,32). The molecule has 1 aliphatic rings. The first-order valence-electron chi connectivity index (χ1n) is 11.1. The van der Waals surface area contributed by atoms with Crippen LogP contribution in [0.15, 0.2) is 65.7 Å². The molecule has 0 saturated carbocycles. The van der Waals surface area contributed by atoms with Gasteiger partial charge in [-0.2, -0.15) is 4.98 Å². The van der Waals surface area contributed by atoms with Crippen LogP contribution in [0, 0.1) is 5.92 Å². The maximum atomic E-state index is 13.0. The van der Waals surface area contributed by atoms with Gasteiger partial charge >= 0.3 is 0 Å². The van der Waals surface area contributed by atoms with Crippen molar-refractivity contribution in [3.8, 4) is 11.4 Å². The van der Waals surface area contributed by atoms with Gasteiger partial charge in [0.15, 0.2) is 0 Å². The average Bonchev–Trinajstić information content (AvgIpc) is 3.32. The second kappa shape index (κ2) is 11.1. The molecule has 3 aromatic rings. The molecular formula is C25H26ClN5O3. The number of anilines is 1. The highest BCUT2D eigenvalue weighted by atomic mass is 35.5. The first-order valence-corrected chi connectivity index (χ1v) is 11.5. The van der Waals surface area contributed by atoms with Crippen LogP contribution in [0.4, 0.5) is 5.69 Å². The van der Waals surface area contributed by atoms with Crippen molar-refractivity contribution in [3.05, 3.63) is 77.7 Å². The number of amides is 2. The van der Waals surface area contributed by atoms with E-state index in [9.17, 15) is 9.59 Å². The summed E-state index contributed by atoms with van der Waals surface area (Å²) in [6.07, 6.45) is 3.25.